The van der Waals surface area contributed by atoms with Crippen LogP contribution >= 0.6 is 0 Å². The molecule has 1 aliphatic rings. The van der Waals surface area contributed by atoms with E-state index in [2.05, 4.69) is 19.2 Å². The van der Waals surface area contributed by atoms with Crippen LogP contribution in [0.15, 0.2) is 24.3 Å². The van der Waals surface area contributed by atoms with Gasteiger partial charge in [-0.15, -0.1) is 0 Å². The third-order valence-electron chi connectivity index (χ3n) is 3.93. The second-order valence-electron chi connectivity index (χ2n) is 5.23. The lowest BCUT2D eigenvalue weighted by molar-refractivity contribution is 0.241. The van der Waals surface area contributed by atoms with E-state index in [9.17, 15) is 4.39 Å². The zero-order valence-electron chi connectivity index (χ0n) is 10.1. The van der Waals surface area contributed by atoms with Crippen LogP contribution in [-0.4, -0.2) is 13.1 Å². The van der Waals surface area contributed by atoms with Gasteiger partial charge < -0.3 is 5.32 Å². The van der Waals surface area contributed by atoms with Crippen molar-refractivity contribution in [3.63, 3.8) is 0 Å². The zero-order chi connectivity index (χ0) is 11.6. The van der Waals surface area contributed by atoms with Crippen molar-refractivity contribution in [2.45, 2.75) is 32.1 Å². The molecule has 1 aromatic rings. The van der Waals surface area contributed by atoms with Crippen molar-refractivity contribution in [3.8, 4) is 0 Å². The number of hydrogen-bond donors (Lipinski definition) is 1. The molecule has 1 heterocycles. The molecule has 0 atom stereocenters. The van der Waals surface area contributed by atoms with E-state index in [4.69, 9.17) is 0 Å². The van der Waals surface area contributed by atoms with Crippen molar-refractivity contribution in [3.05, 3.63) is 35.6 Å². The Hall–Kier alpha value is -0.890. The van der Waals surface area contributed by atoms with Crippen LogP contribution in [0.2, 0.25) is 0 Å². The molecule has 1 nitrogen and oxygen atoms in total. The fourth-order valence-electron chi connectivity index (χ4n) is 2.75. The Bertz CT molecular complexity index is 354. The fourth-order valence-corrected chi connectivity index (χ4v) is 2.75. The third kappa shape index (κ3) is 2.12. The highest BCUT2D eigenvalue weighted by Crippen LogP contribution is 2.37. The molecule has 0 aromatic heterocycles. The van der Waals surface area contributed by atoms with Crippen LogP contribution in [0, 0.1) is 11.7 Å². The average molecular weight is 221 g/mol. The van der Waals surface area contributed by atoms with E-state index in [0.29, 0.717) is 5.92 Å². The summed E-state index contributed by atoms with van der Waals surface area (Å²) < 4.78 is 13.8. The fraction of sp³-hybridized carbons (Fsp3) is 0.571. The SMILES string of the molecule is CC(C)(c1ccccc1F)C1CCNCC1. The van der Waals surface area contributed by atoms with Gasteiger partial charge in [0.15, 0.2) is 0 Å². The molecule has 1 N–H and O–H groups in total. The van der Waals surface area contributed by atoms with Crippen molar-refractivity contribution < 1.29 is 4.39 Å². The zero-order valence-corrected chi connectivity index (χ0v) is 10.1. The van der Waals surface area contributed by atoms with Gasteiger partial charge in [-0.1, -0.05) is 32.0 Å². The monoisotopic (exact) mass is 221 g/mol. The molecule has 0 amide bonds. The van der Waals surface area contributed by atoms with Crippen LogP contribution in [0.4, 0.5) is 4.39 Å². The number of benzene rings is 1. The number of halogens is 1. The van der Waals surface area contributed by atoms with Gasteiger partial charge in [0, 0.05) is 0 Å². The van der Waals surface area contributed by atoms with Gasteiger partial charge in [-0.05, 0) is 48.9 Å². The molecule has 0 unspecified atom stereocenters. The van der Waals surface area contributed by atoms with Gasteiger partial charge in [-0.25, -0.2) is 4.39 Å². The molecule has 2 heteroatoms. The van der Waals surface area contributed by atoms with Gasteiger partial charge in [0.2, 0.25) is 0 Å². The Morgan fingerprint density at radius 3 is 2.44 bits per heavy atom. The molecular weight excluding hydrogens is 201 g/mol. The molecule has 0 bridgehead atoms. The van der Waals surface area contributed by atoms with Crippen molar-refractivity contribution >= 4 is 0 Å². The summed E-state index contributed by atoms with van der Waals surface area (Å²) in [6.45, 7) is 6.45. The molecule has 0 spiro atoms. The summed E-state index contributed by atoms with van der Waals surface area (Å²) in [5, 5.41) is 3.36. The summed E-state index contributed by atoms with van der Waals surface area (Å²) in [5.41, 5.74) is 0.801. The Kier molecular flexibility index (Phi) is 3.29. The van der Waals surface area contributed by atoms with Crippen molar-refractivity contribution in [1.82, 2.24) is 5.32 Å². The molecule has 1 aromatic carbocycles. The van der Waals surface area contributed by atoms with Crippen molar-refractivity contribution in [2.75, 3.05) is 13.1 Å². The first-order valence-electron chi connectivity index (χ1n) is 6.08. The van der Waals surface area contributed by atoms with E-state index < -0.39 is 0 Å². The lowest BCUT2D eigenvalue weighted by Crippen LogP contribution is -2.38. The predicted molar refractivity (Wildman–Crippen MR) is 65.0 cm³/mol. The first-order valence-corrected chi connectivity index (χ1v) is 6.08. The lowest BCUT2D eigenvalue weighted by atomic mass is 9.69. The van der Waals surface area contributed by atoms with Gasteiger partial charge in [-0.2, -0.15) is 0 Å². The number of piperidine rings is 1. The van der Waals surface area contributed by atoms with E-state index in [1.807, 2.05) is 12.1 Å². The topological polar surface area (TPSA) is 12.0 Å². The minimum Gasteiger partial charge on any atom is -0.317 e. The van der Waals surface area contributed by atoms with Crippen LogP contribution in [-0.2, 0) is 5.41 Å². The normalized spacial score (nSPS) is 18.7. The van der Waals surface area contributed by atoms with Gasteiger partial charge in [0.25, 0.3) is 0 Å². The van der Waals surface area contributed by atoms with Gasteiger partial charge in [0.05, 0.1) is 0 Å². The van der Waals surface area contributed by atoms with Gasteiger partial charge in [0.1, 0.15) is 5.82 Å². The summed E-state index contributed by atoms with van der Waals surface area (Å²) in [6, 6.07) is 7.19. The van der Waals surface area contributed by atoms with E-state index in [-0.39, 0.29) is 11.2 Å². The highest BCUT2D eigenvalue weighted by atomic mass is 19.1. The summed E-state index contributed by atoms with van der Waals surface area (Å²) >= 11 is 0. The van der Waals surface area contributed by atoms with Crippen LogP contribution < -0.4 is 5.32 Å². The molecule has 1 fully saturated rings. The van der Waals surface area contributed by atoms with E-state index in [1.54, 1.807) is 12.1 Å². The van der Waals surface area contributed by atoms with Crippen LogP contribution in [0.3, 0.4) is 0 Å². The summed E-state index contributed by atoms with van der Waals surface area (Å²) in [7, 11) is 0. The molecule has 0 aliphatic carbocycles. The van der Waals surface area contributed by atoms with Crippen molar-refractivity contribution in [2.24, 2.45) is 5.92 Å². The maximum atomic E-state index is 13.8. The average Bonchev–Trinajstić information content (AvgIpc) is 2.30. The smallest absolute Gasteiger partial charge is 0.126 e. The molecule has 2 rings (SSSR count). The van der Waals surface area contributed by atoms with Gasteiger partial charge >= 0.3 is 0 Å². The number of rotatable bonds is 2. The minimum atomic E-state index is -0.0639. The Morgan fingerprint density at radius 2 is 1.81 bits per heavy atom. The highest BCUT2D eigenvalue weighted by Gasteiger charge is 2.33. The largest absolute Gasteiger partial charge is 0.317 e. The lowest BCUT2D eigenvalue weighted by Gasteiger charge is -2.38. The first-order chi connectivity index (χ1) is 7.62. The van der Waals surface area contributed by atoms with Crippen LogP contribution in [0.5, 0.6) is 0 Å². The van der Waals surface area contributed by atoms with Crippen molar-refractivity contribution in [1.29, 1.82) is 0 Å². The molecule has 88 valence electrons. The number of nitrogens with one attached hydrogen (secondary N) is 1. The maximum absolute atomic E-state index is 13.8. The van der Waals surface area contributed by atoms with Crippen LogP contribution in [0.25, 0.3) is 0 Å². The molecule has 16 heavy (non-hydrogen) atoms. The Labute approximate surface area is 97.1 Å². The summed E-state index contributed by atoms with van der Waals surface area (Å²) in [5.74, 6) is 0.511. The highest BCUT2D eigenvalue weighted by molar-refractivity contribution is 5.26. The third-order valence-corrected chi connectivity index (χ3v) is 3.93. The summed E-state index contributed by atoms with van der Waals surface area (Å²) in [6.07, 6.45) is 2.28. The minimum absolute atomic E-state index is 0.0621. The van der Waals surface area contributed by atoms with Gasteiger partial charge in [-0.3, -0.25) is 0 Å². The quantitative estimate of drug-likeness (QED) is 0.809. The molecule has 1 aliphatic heterocycles. The standard InChI is InChI=1S/C14H20FN/c1-14(2,11-7-9-16-10-8-11)12-5-3-4-6-13(12)15/h3-6,11,16H,7-10H2,1-2H3. The Balaban J connectivity index is 2.26. The second kappa shape index (κ2) is 4.54. The van der Waals surface area contributed by atoms with E-state index in [1.165, 1.54) is 0 Å². The number of hydrogen-bond acceptors (Lipinski definition) is 1. The maximum Gasteiger partial charge on any atom is 0.126 e. The van der Waals surface area contributed by atoms with E-state index >= 15 is 0 Å². The second-order valence-corrected chi connectivity index (χ2v) is 5.23. The Morgan fingerprint density at radius 1 is 1.19 bits per heavy atom. The molecule has 0 saturated carbocycles. The van der Waals surface area contributed by atoms with Crippen LogP contribution in [0.1, 0.15) is 32.3 Å². The summed E-state index contributed by atoms with van der Waals surface area (Å²) in [4.78, 5) is 0. The molecular formula is C14H20FN. The molecule has 0 radical (unpaired) electrons. The first kappa shape index (κ1) is 11.6. The van der Waals surface area contributed by atoms with E-state index in [0.717, 1.165) is 31.5 Å². The molecule has 1 saturated heterocycles. The predicted octanol–water partition coefficient (Wildman–Crippen LogP) is 3.10.